The molecule has 0 bridgehead atoms. The highest BCUT2D eigenvalue weighted by molar-refractivity contribution is 9.10. The lowest BCUT2D eigenvalue weighted by Gasteiger charge is -2.35. The molecule has 3 aromatic rings. The normalized spacial score (nSPS) is 15.7. The Labute approximate surface area is 267 Å². The predicted octanol–water partition coefficient (Wildman–Crippen LogP) is 5.08. The molecule has 1 N–H and O–H groups in total. The van der Waals surface area contributed by atoms with Gasteiger partial charge in [0.2, 0.25) is 21.8 Å². The van der Waals surface area contributed by atoms with Gasteiger partial charge in [-0.1, -0.05) is 77.7 Å². The van der Waals surface area contributed by atoms with Crippen molar-refractivity contribution in [2.75, 3.05) is 30.3 Å². The number of hydrogen-bond acceptors (Lipinski definition) is 6. The molecule has 3 aromatic carbocycles. The Balaban J connectivity index is 1.50. The highest BCUT2D eigenvalue weighted by atomic mass is 79.9. The highest BCUT2D eigenvalue weighted by Gasteiger charge is 2.34. The summed E-state index contributed by atoms with van der Waals surface area (Å²) < 4.78 is 39.4. The zero-order valence-electron chi connectivity index (χ0n) is 24.8. The molecular formula is C33H38BrN3O6S. The van der Waals surface area contributed by atoms with Crippen molar-refractivity contribution in [3.8, 4) is 11.5 Å². The highest BCUT2D eigenvalue weighted by Crippen LogP contribution is 2.35. The van der Waals surface area contributed by atoms with Crippen molar-refractivity contribution in [3.05, 3.63) is 88.4 Å². The first-order valence-electron chi connectivity index (χ1n) is 14.9. The average molecular weight is 685 g/mol. The monoisotopic (exact) mass is 683 g/mol. The van der Waals surface area contributed by atoms with Crippen molar-refractivity contribution < 1.29 is 27.5 Å². The smallest absolute Gasteiger partial charge is 0.244 e. The third-order valence-electron chi connectivity index (χ3n) is 7.98. The molecule has 9 nitrogen and oxygen atoms in total. The van der Waals surface area contributed by atoms with E-state index >= 15 is 0 Å². The third-order valence-corrected chi connectivity index (χ3v) is 9.65. The number of anilines is 1. The van der Waals surface area contributed by atoms with Gasteiger partial charge in [-0.15, -0.1) is 0 Å². The van der Waals surface area contributed by atoms with Crippen molar-refractivity contribution >= 4 is 43.5 Å². The van der Waals surface area contributed by atoms with Crippen LogP contribution in [0.15, 0.2) is 77.3 Å². The number of carbonyl (C=O) groups excluding carboxylic acids is 2. The van der Waals surface area contributed by atoms with Crippen LogP contribution >= 0.6 is 15.9 Å². The zero-order chi connectivity index (χ0) is 31.1. The maximum atomic E-state index is 14.3. The van der Waals surface area contributed by atoms with E-state index in [0.717, 1.165) is 58.3 Å². The number of fused-ring (bicyclic) bond motifs is 1. The lowest BCUT2D eigenvalue weighted by atomic mass is 9.94. The molecule has 1 atom stereocenters. The summed E-state index contributed by atoms with van der Waals surface area (Å²) in [5.41, 5.74) is 1.99. The van der Waals surface area contributed by atoms with Crippen LogP contribution in [0.25, 0.3) is 0 Å². The SMILES string of the molecule is CS(=O)(=O)N(CC(=O)N(Cc1ccc(Br)cc1)C(Cc1ccccc1)C(=O)NC1CCCCC1)c1ccc2c(c1)OCCO2. The molecule has 1 aliphatic heterocycles. The molecule has 2 amide bonds. The van der Waals surface area contributed by atoms with Gasteiger partial charge in [0.1, 0.15) is 25.8 Å². The Bertz CT molecular complexity index is 1550. The maximum Gasteiger partial charge on any atom is 0.244 e. The van der Waals surface area contributed by atoms with Crippen LogP contribution in [0, 0.1) is 0 Å². The van der Waals surface area contributed by atoms with Gasteiger partial charge in [0.15, 0.2) is 11.5 Å². The van der Waals surface area contributed by atoms with Crippen LogP contribution < -0.4 is 19.1 Å². The van der Waals surface area contributed by atoms with Crippen molar-refractivity contribution in [1.82, 2.24) is 10.2 Å². The van der Waals surface area contributed by atoms with Gasteiger partial charge in [0.05, 0.1) is 11.9 Å². The molecule has 1 saturated carbocycles. The van der Waals surface area contributed by atoms with E-state index in [0.29, 0.717) is 24.7 Å². The lowest BCUT2D eigenvalue weighted by molar-refractivity contribution is -0.140. The number of benzene rings is 3. The van der Waals surface area contributed by atoms with E-state index in [2.05, 4.69) is 21.2 Å². The third kappa shape index (κ3) is 8.32. The second-order valence-corrected chi connectivity index (χ2v) is 14.1. The molecule has 0 aromatic heterocycles. The summed E-state index contributed by atoms with van der Waals surface area (Å²) in [6, 6.07) is 21.1. The Morgan fingerprint density at radius 1 is 0.909 bits per heavy atom. The van der Waals surface area contributed by atoms with Crippen LogP contribution in [0.4, 0.5) is 5.69 Å². The summed E-state index contributed by atoms with van der Waals surface area (Å²) in [7, 11) is -3.90. The number of sulfonamides is 1. The largest absolute Gasteiger partial charge is 0.486 e. The number of nitrogens with one attached hydrogen (secondary N) is 1. The maximum absolute atomic E-state index is 14.3. The lowest BCUT2D eigenvalue weighted by Crippen LogP contribution is -2.55. The van der Waals surface area contributed by atoms with Crippen molar-refractivity contribution in [2.45, 2.75) is 57.2 Å². The summed E-state index contributed by atoms with van der Waals surface area (Å²) in [5, 5.41) is 3.22. The fourth-order valence-electron chi connectivity index (χ4n) is 5.69. The topological polar surface area (TPSA) is 105 Å². The number of carbonyl (C=O) groups is 2. The van der Waals surface area contributed by atoms with Crippen molar-refractivity contribution in [1.29, 1.82) is 0 Å². The van der Waals surface area contributed by atoms with Crippen LogP contribution in [0.5, 0.6) is 11.5 Å². The summed E-state index contributed by atoms with van der Waals surface area (Å²) in [4.78, 5) is 29.9. The van der Waals surface area contributed by atoms with Gasteiger partial charge in [0, 0.05) is 29.5 Å². The average Bonchev–Trinajstić information content (AvgIpc) is 3.02. The van der Waals surface area contributed by atoms with E-state index in [1.807, 2.05) is 54.6 Å². The Morgan fingerprint density at radius 2 is 1.59 bits per heavy atom. The van der Waals surface area contributed by atoms with Crippen LogP contribution in [-0.4, -0.2) is 63.2 Å². The molecule has 2 aliphatic rings. The van der Waals surface area contributed by atoms with Crippen molar-refractivity contribution in [3.63, 3.8) is 0 Å². The number of hydrogen-bond donors (Lipinski definition) is 1. The second kappa shape index (κ2) is 14.5. The predicted molar refractivity (Wildman–Crippen MR) is 173 cm³/mol. The van der Waals surface area contributed by atoms with Gasteiger partial charge in [-0.05, 0) is 48.2 Å². The number of halogens is 1. The van der Waals surface area contributed by atoms with Gasteiger partial charge in [0.25, 0.3) is 0 Å². The quantitative estimate of drug-likeness (QED) is 0.303. The minimum absolute atomic E-state index is 0.0457. The number of rotatable bonds is 11. The molecule has 44 heavy (non-hydrogen) atoms. The van der Waals surface area contributed by atoms with Crippen LogP contribution in [0.2, 0.25) is 0 Å². The summed E-state index contributed by atoms with van der Waals surface area (Å²) >= 11 is 3.46. The number of ether oxygens (including phenoxy) is 2. The molecule has 1 fully saturated rings. The standard InChI is InChI=1S/C33H38BrN3O6S/c1-44(40,41)37(28-16-17-30-31(21-28)43-19-18-42-30)23-32(38)36(22-25-12-14-26(34)15-13-25)29(20-24-8-4-2-5-9-24)33(39)35-27-10-6-3-7-11-27/h2,4-5,8-9,12-17,21,27,29H,3,6-7,10-11,18-20,22-23H2,1H3,(H,35,39). The van der Waals surface area contributed by atoms with E-state index in [9.17, 15) is 18.0 Å². The van der Waals surface area contributed by atoms with Gasteiger partial charge in [-0.2, -0.15) is 0 Å². The van der Waals surface area contributed by atoms with Gasteiger partial charge in [-0.25, -0.2) is 8.42 Å². The number of amides is 2. The summed E-state index contributed by atoms with van der Waals surface area (Å²) in [6.45, 7) is 0.376. The molecule has 234 valence electrons. The molecule has 0 saturated heterocycles. The Morgan fingerprint density at radius 3 is 2.27 bits per heavy atom. The summed E-state index contributed by atoms with van der Waals surface area (Å²) in [5.74, 6) is 0.193. The fourth-order valence-corrected chi connectivity index (χ4v) is 6.79. The summed E-state index contributed by atoms with van der Waals surface area (Å²) in [6.07, 6.45) is 6.39. The van der Waals surface area contributed by atoms with E-state index in [1.54, 1.807) is 18.2 Å². The molecule has 5 rings (SSSR count). The van der Waals surface area contributed by atoms with Crippen LogP contribution in [-0.2, 0) is 32.6 Å². The minimum Gasteiger partial charge on any atom is -0.486 e. The zero-order valence-corrected chi connectivity index (χ0v) is 27.2. The van der Waals surface area contributed by atoms with E-state index in [-0.39, 0.29) is 30.6 Å². The molecular weight excluding hydrogens is 646 g/mol. The number of nitrogens with zero attached hydrogens (tertiary/aromatic N) is 2. The molecule has 0 spiro atoms. The van der Waals surface area contributed by atoms with E-state index in [1.165, 1.54) is 4.90 Å². The first-order valence-corrected chi connectivity index (χ1v) is 17.6. The molecule has 1 heterocycles. The van der Waals surface area contributed by atoms with Gasteiger partial charge >= 0.3 is 0 Å². The minimum atomic E-state index is -3.90. The first kappa shape index (κ1) is 31.8. The van der Waals surface area contributed by atoms with E-state index in [4.69, 9.17) is 9.47 Å². The van der Waals surface area contributed by atoms with Gasteiger partial charge in [-0.3, -0.25) is 13.9 Å². The Hall–Kier alpha value is -3.57. The molecule has 1 aliphatic carbocycles. The fraction of sp³-hybridized carbons (Fsp3) is 0.394. The van der Waals surface area contributed by atoms with Crippen LogP contribution in [0.1, 0.15) is 43.2 Å². The second-order valence-electron chi connectivity index (χ2n) is 11.3. The molecule has 11 heteroatoms. The molecule has 0 radical (unpaired) electrons. The van der Waals surface area contributed by atoms with Gasteiger partial charge < -0.3 is 19.7 Å². The van der Waals surface area contributed by atoms with Crippen molar-refractivity contribution in [2.24, 2.45) is 0 Å². The Kier molecular flexibility index (Phi) is 10.5. The molecule has 1 unspecified atom stereocenters. The first-order chi connectivity index (χ1) is 21.2. The van der Waals surface area contributed by atoms with Crippen LogP contribution in [0.3, 0.4) is 0 Å². The van der Waals surface area contributed by atoms with E-state index < -0.39 is 28.5 Å².